The van der Waals surface area contributed by atoms with Gasteiger partial charge in [0, 0.05) is 41.6 Å². The zero-order valence-electron chi connectivity index (χ0n) is 20.7. The lowest BCUT2D eigenvalue weighted by Crippen LogP contribution is -2.05. The van der Waals surface area contributed by atoms with E-state index in [4.69, 9.17) is 9.72 Å². The minimum absolute atomic E-state index is 0.133. The van der Waals surface area contributed by atoms with Gasteiger partial charge in [0.25, 0.3) is 0 Å². The van der Waals surface area contributed by atoms with Crippen molar-refractivity contribution in [3.05, 3.63) is 89.0 Å². The number of imidazole rings is 1. The second-order valence-corrected chi connectivity index (χ2v) is 8.77. The number of aromatic nitrogens is 5. The third-order valence-corrected chi connectivity index (χ3v) is 6.17. The highest BCUT2D eigenvalue weighted by molar-refractivity contribution is 5.95. The number of ether oxygens (including phenoxy) is 1. The molecule has 0 atom stereocenters. The van der Waals surface area contributed by atoms with Crippen molar-refractivity contribution in [2.45, 2.75) is 26.3 Å². The minimum Gasteiger partial charge on any atom is -0.493 e. The highest BCUT2D eigenvalue weighted by Gasteiger charge is 2.13. The van der Waals surface area contributed by atoms with Crippen molar-refractivity contribution in [1.82, 2.24) is 24.1 Å². The minimum atomic E-state index is -0.472. The Labute approximate surface area is 213 Å². The summed E-state index contributed by atoms with van der Waals surface area (Å²) in [4.78, 5) is 23.4. The molecule has 0 bridgehead atoms. The number of hydrogen-bond donors (Lipinski definition) is 1. The van der Waals surface area contributed by atoms with Crippen LogP contribution in [0.3, 0.4) is 0 Å². The summed E-state index contributed by atoms with van der Waals surface area (Å²) in [6, 6.07) is 16.0. The molecule has 10 nitrogen and oxygen atoms in total. The maximum atomic E-state index is 11.0. The maximum Gasteiger partial charge on any atom is 0.434 e. The van der Waals surface area contributed by atoms with Crippen LogP contribution in [-0.2, 0) is 13.6 Å². The molecule has 0 unspecified atom stereocenters. The largest absolute Gasteiger partial charge is 0.493 e. The Kier molecular flexibility index (Phi) is 6.80. The number of para-hydroxylation sites is 1. The molecule has 188 valence electrons. The highest BCUT2D eigenvalue weighted by Crippen LogP contribution is 2.30. The number of nitrogens with one attached hydrogen (secondary N) is 1. The van der Waals surface area contributed by atoms with Gasteiger partial charge < -0.3 is 24.7 Å². The van der Waals surface area contributed by atoms with Crippen LogP contribution in [0, 0.1) is 17.0 Å². The maximum absolute atomic E-state index is 11.0. The lowest BCUT2D eigenvalue weighted by atomic mass is 10.1. The second kappa shape index (κ2) is 10.5. The lowest BCUT2D eigenvalue weighted by Gasteiger charge is -2.12. The van der Waals surface area contributed by atoms with E-state index in [1.807, 2.05) is 50.4 Å². The number of rotatable bonds is 10. The molecule has 0 aliphatic heterocycles. The molecule has 0 spiro atoms. The zero-order chi connectivity index (χ0) is 25.8. The predicted octanol–water partition coefficient (Wildman–Crippen LogP) is 5.65. The Morgan fingerprint density at radius 3 is 2.78 bits per heavy atom. The third kappa shape index (κ3) is 5.27. The van der Waals surface area contributed by atoms with E-state index in [1.54, 1.807) is 17.0 Å². The van der Waals surface area contributed by atoms with E-state index in [1.165, 1.54) is 6.20 Å². The fourth-order valence-electron chi connectivity index (χ4n) is 4.35. The highest BCUT2D eigenvalue weighted by atomic mass is 16.6. The molecular weight excluding hydrogens is 470 g/mol. The number of unbranched alkanes of at least 4 members (excludes halogenated alkanes) is 1. The Balaban J connectivity index is 1.19. The van der Waals surface area contributed by atoms with Gasteiger partial charge in [-0.1, -0.05) is 23.2 Å². The number of aryl methyl sites for hydroxylation is 3. The van der Waals surface area contributed by atoms with Gasteiger partial charge in [-0.25, -0.2) is 14.5 Å². The second-order valence-electron chi connectivity index (χ2n) is 8.77. The van der Waals surface area contributed by atoms with Crippen molar-refractivity contribution in [3.8, 4) is 17.0 Å². The third-order valence-electron chi connectivity index (χ3n) is 6.17. The number of nitro groups is 1. The quantitative estimate of drug-likeness (QED) is 0.151. The molecule has 0 aliphatic carbocycles. The van der Waals surface area contributed by atoms with E-state index in [2.05, 4.69) is 38.2 Å². The normalized spacial score (nSPS) is 11.1. The average Bonchev–Trinajstić information content (AvgIpc) is 3.50. The smallest absolute Gasteiger partial charge is 0.434 e. The molecule has 0 fully saturated rings. The molecule has 3 heterocycles. The van der Waals surface area contributed by atoms with Gasteiger partial charge >= 0.3 is 5.95 Å². The van der Waals surface area contributed by atoms with E-state index < -0.39 is 4.92 Å². The summed E-state index contributed by atoms with van der Waals surface area (Å²) in [6.07, 6.45) is 8.43. The van der Waals surface area contributed by atoms with E-state index in [-0.39, 0.29) is 5.95 Å². The van der Waals surface area contributed by atoms with Gasteiger partial charge in [-0.05, 0) is 60.6 Å². The molecule has 10 heteroatoms. The summed E-state index contributed by atoms with van der Waals surface area (Å²) < 4.78 is 9.58. The molecule has 0 saturated carbocycles. The van der Waals surface area contributed by atoms with Crippen LogP contribution in [0.15, 0.2) is 73.3 Å². The Morgan fingerprint density at radius 2 is 1.95 bits per heavy atom. The number of nitrogens with zero attached hydrogens (tertiary/aromatic N) is 6. The summed E-state index contributed by atoms with van der Waals surface area (Å²) in [5, 5.41) is 15.4. The molecule has 3 aromatic heterocycles. The Hall–Kier alpha value is -4.73. The van der Waals surface area contributed by atoms with Crippen LogP contribution in [0.2, 0.25) is 0 Å². The van der Waals surface area contributed by atoms with Crippen molar-refractivity contribution in [2.24, 2.45) is 7.05 Å². The fraction of sp³-hybridized carbons (Fsp3) is 0.222. The van der Waals surface area contributed by atoms with Gasteiger partial charge in [0.15, 0.2) is 0 Å². The van der Waals surface area contributed by atoms with Crippen molar-refractivity contribution in [3.63, 3.8) is 0 Å². The van der Waals surface area contributed by atoms with Gasteiger partial charge in [0.05, 0.1) is 18.8 Å². The summed E-state index contributed by atoms with van der Waals surface area (Å²) in [7, 11) is 2.03. The lowest BCUT2D eigenvalue weighted by molar-refractivity contribution is -0.396. The first-order chi connectivity index (χ1) is 18.0. The molecule has 0 amide bonds. The first kappa shape index (κ1) is 24.0. The van der Waals surface area contributed by atoms with Gasteiger partial charge in [-0.2, -0.15) is 0 Å². The van der Waals surface area contributed by atoms with Crippen molar-refractivity contribution in [2.75, 3.05) is 11.9 Å². The van der Waals surface area contributed by atoms with Crippen LogP contribution in [-0.4, -0.2) is 35.6 Å². The van der Waals surface area contributed by atoms with Crippen molar-refractivity contribution < 1.29 is 9.66 Å². The van der Waals surface area contributed by atoms with Gasteiger partial charge in [-0.15, -0.1) is 0 Å². The molecule has 0 aliphatic rings. The van der Waals surface area contributed by atoms with E-state index in [0.717, 1.165) is 52.0 Å². The predicted molar refractivity (Wildman–Crippen MR) is 142 cm³/mol. The summed E-state index contributed by atoms with van der Waals surface area (Å²) in [6.45, 7) is 3.04. The molecule has 5 rings (SSSR count). The van der Waals surface area contributed by atoms with Crippen LogP contribution in [0.5, 0.6) is 5.75 Å². The first-order valence-corrected chi connectivity index (χ1v) is 12.0. The van der Waals surface area contributed by atoms with Crippen LogP contribution in [0.1, 0.15) is 18.4 Å². The molecule has 5 aromatic rings. The molecule has 2 aromatic carbocycles. The SMILES string of the molecule is Cc1cc(Nc2nccc(-c3cn(C)c4ccccc34)n2)ccc1OCCCCn1ccnc1[N+](=O)[O-]. The van der Waals surface area contributed by atoms with Gasteiger partial charge in [0.2, 0.25) is 5.95 Å². The summed E-state index contributed by atoms with van der Waals surface area (Å²) in [5.74, 6) is 1.18. The van der Waals surface area contributed by atoms with Crippen LogP contribution in [0.25, 0.3) is 22.2 Å². The molecular formula is C27H27N7O3. The molecule has 1 N–H and O–H groups in total. The molecule has 0 saturated heterocycles. The molecule has 0 radical (unpaired) electrons. The number of fused-ring (bicyclic) bond motifs is 1. The van der Waals surface area contributed by atoms with Crippen LogP contribution in [0.4, 0.5) is 17.6 Å². The van der Waals surface area contributed by atoms with Gasteiger partial charge in [0.1, 0.15) is 18.1 Å². The topological polar surface area (TPSA) is 113 Å². The zero-order valence-corrected chi connectivity index (χ0v) is 20.7. The molecule has 37 heavy (non-hydrogen) atoms. The Morgan fingerprint density at radius 1 is 1.08 bits per heavy atom. The van der Waals surface area contributed by atoms with Crippen molar-refractivity contribution >= 4 is 28.5 Å². The number of benzene rings is 2. The standard InChI is InChI=1S/C27H27N7O3/c1-19-17-20(9-10-25(19)37-16-6-5-14-33-15-13-29-27(33)34(35)36)30-26-28-12-11-23(31-26)22-18-32(2)24-8-4-3-7-21(22)24/h3-4,7-13,15,17-18H,5-6,14,16H2,1-2H3,(H,28,30,31). The van der Waals surface area contributed by atoms with Crippen LogP contribution < -0.4 is 10.1 Å². The van der Waals surface area contributed by atoms with Crippen molar-refractivity contribution in [1.29, 1.82) is 0 Å². The van der Waals surface area contributed by atoms with E-state index in [9.17, 15) is 10.1 Å². The monoisotopic (exact) mass is 497 g/mol. The van der Waals surface area contributed by atoms with E-state index in [0.29, 0.717) is 19.1 Å². The average molecular weight is 498 g/mol. The van der Waals surface area contributed by atoms with Crippen LogP contribution >= 0.6 is 0 Å². The van der Waals surface area contributed by atoms with E-state index >= 15 is 0 Å². The number of hydrogen-bond acceptors (Lipinski definition) is 7. The number of anilines is 2. The van der Waals surface area contributed by atoms with Gasteiger partial charge in [-0.3, -0.25) is 0 Å². The first-order valence-electron chi connectivity index (χ1n) is 12.0. The summed E-state index contributed by atoms with van der Waals surface area (Å²) in [5.41, 5.74) is 4.92. The summed E-state index contributed by atoms with van der Waals surface area (Å²) >= 11 is 0. The Bertz CT molecular complexity index is 1560. The fourth-order valence-corrected chi connectivity index (χ4v) is 4.35.